The lowest BCUT2D eigenvalue weighted by Crippen LogP contribution is -2.27. The zero-order valence-electron chi connectivity index (χ0n) is 32.2. The van der Waals surface area contributed by atoms with E-state index in [1.54, 1.807) is 0 Å². The number of allylic oxidation sites excluding steroid dienone is 8. The van der Waals surface area contributed by atoms with E-state index in [-0.39, 0.29) is 10.8 Å². The topological polar surface area (TPSA) is 9.49 Å². The number of benzene rings is 4. The summed E-state index contributed by atoms with van der Waals surface area (Å²) in [4.78, 5) is 5.17. The molecule has 4 aromatic rings. The lowest BCUT2D eigenvalue weighted by Gasteiger charge is -2.27. The fourth-order valence-corrected chi connectivity index (χ4v) is 8.64. The minimum absolute atomic E-state index is 0.0766. The number of anilines is 2. The summed E-state index contributed by atoms with van der Waals surface area (Å²) in [5.41, 5.74) is 14.6. The van der Waals surface area contributed by atoms with E-state index in [1.165, 1.54) is 87.8 Å². The van der Waals surface area contributed by atoms with Gasteiger partial charge in [-0.15, -0.1) is 0 Å². The van der Waals surface area contributed by atoms with Gasteiger partial charge in [-0.2, -0.15) is 4.58 Å². The van der Waals surface area contributed by atoms with Crippen LogP contribution in [-0.4, -0.2) is 18.8 Å². The first-order chi connectivity index (χ1) is 25.3. The van der Waals surface area contributed by atoms with Gasteiger partial charge in [0, 0.05) is 82.1 Å². The summed E-state index contributed by atoms with van der Waals surface area (Å²) in [6, 6.07) is 39.9. The molecule has 4 aromatic carbocycles. The van der Waals surface area contributed by atoms with Crippen LogP contribution in [0.4, 0.5) is 22.7 Å². The van der Waals surface area contributed by atoms with Crippen LogP contribution in [0.15, 0.2) is 156 Å². The van der Waals surface area contributed by atoms with Gasteiger partial charge in [-0.25, -0.2) is 0 Å². The molecule has 0 N–H and O–H groups in total. The van der Waals surface area contributed by atoms with E-state index < -0.39 is 0 Å². The van der Waals surface area contributed by atoms with E-state index in [0.29, 0.717) is 0 Å². The van der Waals surface area contributed by atoms with Gasteiger partial charge in [0.15, 0.2) is 0 Å². The molecule has 52 heavy (non-hydrogen) atoms. The van der Waals surface area contributed by atoms with Gasteiger partial charge < -0.3 is 9.80 Å². The molecule has 1 saturated carbocycles. The van der Waals surface area contributed by atoms with Crippen molar-refractivity contribution in [3.05, 3.63) is 167 Å². The summed E-state index contributed by atoms with van der Waals surface area (Å²) in [7, 11) is 0. The third-order valence-corrected chi connectivity index (χ3v) is 11.5. The Kier molecular flexibility index (Phi) is 10.2. The lowest BCUT2D eigenvalue weighted by atomic mass is 9.83. The Morgan fingerprint density at radius 2 is 0.904 bits per heavy atom. The largest absolute Gasteiger partial charge is 0.344 e. The highest BCUT2D eigenvalue weighted by molar-refractivity contribution is 6.17. The van der Waals surface area contributed by atoms with Crippen molar-refractivity contribution in [3.63, 3.8) is 0 Å². The van der Waals surface area contributed by atoms with Crippen molar-refractivity contribution >= 4 is 28.5 Å². The molecule has 3 aliphatic rings. The highest BCUT2D eigenvalue weighted by atomic mass is 15.2. The van der Waals surface area contributed by atoms with Crippen molar-refractivity contribution in [1.82, 2.24) is 4.58 Å². The van der Waals surface area contributed by atoms with Crippen LogP contribution in [0.25, 0.3) is 0 Å². The summed E-state index contributed by atoms with van der Waals surface area (Å²) in [5.74, 6) is 0. The Bertz CT molecular complexity index is 1910. The Hall–Kier alpha value is -4.89. The smallest absolute Gasteiger partial charge is 0.218 e. The molecule has 1 aliphatic carbocycles. The van der Waals surface area contributed by atoms with Crippen molar-refractivity contribution in [2.75, 3.05) is 22.9 Å². The number of rotatable bonds is 10. The molecule has 266 valence electrons. The molecular formula is C49H56N3+. The molecule has 2 heterocycles. The van der Waals surface area contributed by atoms with Crippen molar-refractivity contribution in [1.29, 1.82) is 0 Å². The van der Waals surface area contributed by atoms with E-state index in [9.17, 15) is 0 Å². The van der Waals surface area contributed by atoms with Gasteiger partial charge in [-0.3, -0.25) is 0 Å². The predicted molar refractivity (Wildman–Crippen MR) is 224 cm³/mol. The molecule has 0 saturated heterocycles. The van der Waals surface area contributed by atoms with Crippen LogP contribution in [-0.2, 0) is 10.8 Å². The molecule has 1 fully saturated rings. The van der Waals surface area contributed by atoms with Crippen LogP contribution in [0.1, 0.15) is 91.2 Å². The number of nitrogens with zero attached hydrogens (tertiary/aromatic N) is 3. The van der Waals surface area contributed by atoms with Gasteiger partial charge in [-0.05, 0) is 61.1 Å². The minimum atomic E-state index is -0.0766. The van der Waals surface area contributed by atoms with E-state index in [2.05, 4.69) is 189 Å². The molecule has 2 aliphatic heterocycles. The average Bonchev–Trinajstić information content (AvgIpc) is 3.73. The first-order valence-corrected chi connectivity index (χ1v) is 19.6. The molecule has 3 nitrogen and oxygen atoms in total. The number of hydrogen-bond donors (Lipinski definition) is 0. The molecule has 0 bridgehead atoms. The van der Waals surface area contributed by atoms with Crippen molar-refractivity contribution in [2.24, 2.45) is 0 Å². The highest BCUT2D eigenvalue weighted by Crippen LogP contribution is 2.49. The Morgan fingerprint density at radius 3 is 1.31 bits per heavy atom. The Morgan fingerprint density at radius 1 is 0.519 bits per heavy atom. The zero-order chi connectivity index (χ0) is 36.3. The van der Waals surface area contributed by atoms with Gasteiger partial charge in [-0.1, -0.05) is 139 Å². The van der Waals surface area contributed by atoms with Crippen molar-refractivity contribution < 1.29 is 0 Å². The van der Waals surface area contributed by atoms with E-state index in [0.717, 1.165) is 25.9 Å². The van der Waals surface area contributed by atoms with Gasteiger partial charge in [0.2, 0.25) is 17.1 Å². The fraction of sp³-hybridized carbons (Fsp3) is 0.327. The van der Waals surface area contributed by atoms with Gasteiger partial charge in [0.25, 0.3) is 0 Å². The zero-order valence-corrected chi connectivity index (χ0v) is 32.2. The standard InChI is InChI=1S/C49H56N3/c1-7-9-35-50-43-27-19-17-25-41(43)48(3,4)45(50)33-31-37-29-30-38(47(37)52(39-21-13-11-14-22-39)40-23-15-12-16-24-40)32-34-46-49(5,6)42-26-18-20-28-44(42)51(46)36-10-8-2/h11-28,31-34H,7-10,29-30,35-36H2,1-6H3/q+1. The number of hydrogen-bond acceptors (Lipinski definition) is 2. The fourth-order valence-electron chi connectivity index (χ4n) is 8.64. The summed E-state index contributed by atoms with van der Waals surface area (Å²) in [6.45, 7) is 16.2. The SMILES string of the molecule is CCCCN1/C(=C/C=C2\CC/C(=C\C=C3\N(CCCC)c4ccccc4C3(C)C)C2=[N+](c2ccccc2)c2ccccc2)C(C)(C)c2ccccc21. The summed E-state index contributed by atoms with van der Waals surface area (Å²) in [6.07, 6.45) is 16.5. The molecular weight excluding hydrogens is 631 g/mol. The lowest BCUT2D eigenvalue weighted by molar-refractivity contribution is 0.624. The van der Waals surface area contributed by atoms with Crippen molar-refractivity contribution in [3.8, 4) is 0 Å². The molecule has 0 spiro atoms. The first kappa shape index (κ1) is 35.5. The molecule has 3 heteroatoms. The van der Waals surface area contributed by atoms with Crippen LogP contribution >= 0.6 is 0 Å². The maximum atomic E-state index is 2.59. The van der Waals surface area contributed by atoms with Crippen LogP contribution < -0.4 is 14.4 Å². The normalized spacial score (nSPS) is 20.4. The third kappa shape index (κ3) is 6.51. The predicted octanol–water partition coefficient (Wildman–Crippen LogP) is 12.6. The highest BCUT2D eigenvalue weighted by Gasteiger charge is 2.41. The minimum Gasteiger partial charge on any atom is -0.344 e. The molecule has 0 unspecified atom stereocenters. The second kappa shape index (κ2) is 15.0. The van der Waals surface area contributed by atoms with Crippen LogP contribution in [0.2, 0.25) is 0 Å². The summed E-state index contributed by atoms with van der Waals surface area (Å²) < 4.78 is 2.49. The number of para-hydroxylation sites is 4. The third-order valence-electron chi connectivity index (χ3n) is 11.5. The molecule has 7 rings (SSSR count). The number of unbranched alkanes of at least 4 members (excludes halogenated alkanes) is 2. The Balaban J connectivity index is 1.41. The molecule has 0 amide bonds. The first-order valence-electron chi connectivity index (χ1n) is 19.6. The van der Waals surface area contributed by atoms with Gasteiger partial charge in [0.05, 0.1) is 0 Å². The molecule has 0 radical (unpaired) electrons. The maximum absolute atomic E-state index is 2.59. The quantitative estimate of drug-likeness (QED) is 0.154. The molecule has 0 atom stereocenters. The number of fused-ring (bicyclic) bond motifs is 2. The van der Waals surface area contributed by atoms with Gasteiger partial charge >= 0.3 is 0 Å². The monoisotopic (exact) mass is 686 g/mol. The van der Waals surface area contributed by atoms with Gasteiger partial charge in [0.1, 0.15) is 0 Å². The van der Waals surface area contributed by atoms with Crippen LogP contribution in [0, 0.1) is 0 Å². The second-order valence-corrected chi connectivity index (χ2v) is 15.6. The average molecular weight is 687 g/mol. The second-order valence-electron chi connectivity index (χ2n) is 15.6. The van der Waals surface area contributed by atoms with Crippen LogP contribution in [0.5, 0.6) is 0 Å². The van der Waals surface area contributed by atoms with E-state index in [4.69, 9.17) is 0 Å². The van der Waals surface area contributed by atoms with E-state index in [1.807, 2.05) is 0 Å². The van der Waals surface area contributed by atoms with E-state index >= 15 is 0 Å². The Labute approximate surface area is 313 Å². The summed E-state index contributed by atoms with van der Waals surface area (Å²) >= 11 is 0. The molecule has 0 aromatic heterocycles. The van der Waals surface area contributed by atoms with Crippen LogP contribution in [0.3, 0.4) is 0 Å². The van der Waals surface area contributed by atoms with Crippen molar-refractivity contribution in [2.45, 2.75) is 90.9 Å². The summed E-state index contributed by atoms with van der Waals surface area (Å²) in [5, 5.41) is 0. The maximum Gasteiger partial charge on any atom is 0.218 e.